The van der Waals surface area contributed by atoms with Crippen LogP contribution < -0.4 is 24.4 Å². The molecule has 2 aromatic carbocycles. The average molecular weight is 452 g/mol. The van der Waals surface area contributed by atoms with Crippen molar-refractivity contribution >= 4 is 33.7 Å². The van der Waals surface area contributed by atoms with E-state index in [1.807, 2.05) is 0 Å². The van der Waals surface area contributed by atoms with Gasteiger partial charge in [0.1, 0.15) is 0 Å². The van der Waals surface area contributed by atoms with Gasteiger partial charge >= 0.3 is 0 Å². The summed E-state index contributed by atoms with van der Waals surface area (Å²) in [6, 6.07) is 7.75. The predicted molar refractivity (Wildman–Crippen MR) is 101 cm³/mol. The number of fused-ring (bicyclic) bond motifs is 1. The number of nitrogens with zero attached hydrogens (tertiary/aromatic N) is 2. The molecule has 0 aliphatic carbocycles. The molecule has 1 heterocycles. The molecule has 0 radical (unpaired) electrons. The fraction of sp³-hybridized carbons (Fsp3) is 0.176. The Hall–Kier alpha value is -3.34. The van der Waals surface area contributed by atoms with Gasteiger partial charge in [-0.05, 0) is 24.3 Å². The highest BCUT2D eigenvalue weighted by Crippen LogP contribution is 2.37. The molecule has 1 aliphatic heterocycles. The van der Waals surface area contributed by atoms with Gasteiger partial charge in [0.2, 0.25) is 6.79 Å². The summed E-state index contributed by atoms with van der Waals surface area (Å²) in [5.41, 5.74) is 2.18. The van der Waals surface area contributed by atoms with Crippen LogP contribution in [0.1, 0.15) is 5.56 Å². The highest BCUT2D eigenvalue weighted by atomic mass is 79.9. The molecule has 1 N–H and O–H groups in total. The van der Waals surface area contributed by atoms with Crippen LogP contribution in [0.3, 0.4) is 0 Å². The van der Waals surface area contributed by atoms with E-state index in [2.05, 4.69) is 26.5 Å². The van der Waals surface area contributed by atoms with Gasteiger partial charge in [-0.1, -0.05) is 15.9 Å². The third-order valence-electron chi connectivity index (χ3n) is 3.60. The highest BCUT2D eigenvalue weighted by Gasteiger charge is 2.22. The summed E-state index contributed by atoms with van der Waals surface area (Å²) >= 11 is 3.31. The quantitative estimate of drug-likeness (QED) is 0.389. The number of halogens is 1. The number of carbonyl (C=O) groups excluding carboxylic acids is 1. The molecule has 3 rings (SSSR count). The van der Waals surface area contributed by atoms with Crippen LogP contribution in [0.2, 0.25) is 0 Å². The number of nitro benzene ring substituents is 1. The predicted octanol–water partition coefficient (Wildman–Crippen LogP) is 2.62. The summed E-state index contributed by atoms with van der Waals surface area (Å²) in [4.78, 5) is 22.5. The zero-order valence-electron chi connectivity index (χ0n) is 14.5. The normalized spacial score (nSPS) is 12.1. The number of nitro groups is 1. The standard InChI is InChI=1S/C17H14BrN3O7/c1-25-14-5-11(18)2-3-13(14)26-8-17(22)20-19-7-10-4-15-16(28-9-27-15)6-12(10)21(23)24/h2-7H,8-9H2,1H3,(H,20,22). The van der Waals surface area contributed by atoms with E-state index in [-0.39, 0.29) is 30.4 Å². The number of hydrazone groups is 1. The second-order valence-electron chi connectivity index (χ2n) is 5.40. The van der Waals surface area contributed by atoms with Crippen molar-refractivity contribution in [3.8, 4) is 23.0 Å². The monoisotopic (exact) mass is 451 g/mol. The van der Waals surface area contributed by atoms with Gasteiger partial charge in [0.25, 0.3) is 11.6 Å². The molecule has 10 nitrogen and oxygen atoms in total. The van der Waals surface area contributed by atoms with Crippen LogP contribution in [0, 0.1) is 10.1 Å². The summed E-state index contributed by atoms with van der Waals surface area (Å²) in [6.45, 7) is -0.334. The Labute approximate surface area is 167 Å². The van der Waals surface area contributed by atoms with Crippen LogP contribution in [0.4, 0.5) is 5.69 Å². The minimum atomic E-state index is -0.575. The zero-order chi connectivity index (χ0) is 20.1. The Kier molecular flexibility index (Phi) is 5.94. The van der Waals surface area contributed by atoms with E-state index < -0.39 is 10.8 Å². The van der Waals surface area contributed by atoms with Crippen LogP contribution in [-0.2, 0) is 4.79 Å². The molecule has 11 heteroatoms. The largest absolute Gasteiger partial charge is 0.493 e. The maximum Gasteiger partial charge on any atom is 0.282 e. The Bertz CT molecular complexity index is 949. The number of ether oxygens (including phenoxy) is 4. The molecule has 0 spiro atoms. The smallest absolute Gasteiger partial charge is 0.282 e. The van der Waals surface area contributed by atoms with Crippen LogP contribution in [0.5, 0.6) is 23.0 Å². The van der Waals surface area contributed by atoms with E-state index in [9.17, 15) is 14.9 Å². The third kappa shape index (κ3) is 4.49. The van der Waals surface area contributed by atoms with Crippen molar-refractivity contribution in [2.75, 3.05) is 20.5 Å². The van der Waals surface area contributed by atoms with Gasteiger partial charge < -0.3 is 18.9 Å². The van der Waals surface area contributed by atoms with E-state index in [1.54, 1.807) is 18.2 Å². The molecule has 0 saturated carbocycles. The number of benzene rings is 2. The summed E-state index contributed by atoms with van der Waals surface area (Å²) in [6.07, 6.45) is 1.15. The molecule has 0 atom stereocenters. The zero-order valence-corrected chi connectivity index (χ0v) is 16.1. The van der Waals surface area contributed by atoms with Crippen molar-refractivity contribution in [3.63, 3.8) is 0 Å². The highest BCUT2D eigenvalue weighted by molar-refractivity contribution is 9.10. The Morgan fingerprint density at radius 1 is 1.32 bits per heavy atom. The van der Waals surface area contributed by atoms with E-state index in [0.717, 1.165) is 10.7 Å². The van der Waals surface area contributed by atoms with Gasteiger partial charge in [0.05, 0.1) is 29.9 Å². The van der Waals surface area contributed by atoms with Crippen molar-refractivity contribution in [1.82, 2.24) is 5.43 Å². The lowest BCUT2D eigenvalue weighted by molar-refractivity contribution is -0.385. The summed E-state index contributed by atoms with van der Waals surface area (Å²) in [5, 5.41) is 14.9. The van der Waals surface area contributed by atoms with Crippen molar-refractivity contribution in [3.05, 3.63) is 50.5 Å². The number of methoxy groups -OCH3 is 1. The maximum absolute atomic E-state index is 11.9. The van der Waals surface area contributed by atoms with Gasteiger partial charge in [-0.15, -0.1) is 0 Å². The molecular weight excluding hydrogens is 438 g/mol. The van der Waals surface area contributed by atoms with Gasteiger partial charge in [0.15, 0.2) is 29.6 Å². The molecule has 1 amide bonds. The molecule has 0 fully saturated rings. The molecule has 2 aromatic rings. The van der Waals surface area contributed by atoms with Crippen molar-refractivity contribution in [1.29, 1.82) is 0 Å². The lowest BCUT2D eigenvalue weighted by atomic mass is 10.1. The van der Waals surface area contributed by atoms with E-state index >= 15 is 0 Å². The first-order valence-electron chi connectivity index (χ1n) is 7.84. The van der Waals surface area contributed by atoms with Crippen LogP contribution >= 0.6 is 15.9 Å². The molecule has 28 heavy (non-hydrogen) atoms. The number of amides is 1. The van der Waals surface area contributed by atoms with Gasteiger partial charge in [-0.3, -0.25) is 14.9 Å². The lowest BCUT2D eigenvalue weighted by Crippen LogP contribution is -2.24. The molecule has 0 bridgehead atoms. The first kappa shape index (κ1) is 19.4. The minimum absolute atomic E-state index is 0.0132. The third-order valence-corrected chi connectivity index (χ3v) is 4.09. The summed E-state index contributed by atoms with van der Waals surface area (Å²) in [5.74, 6) is 0.941. The number of hydrogen-bond acceptors (Lipinski definition) is 8. The maximum atomic E-state index is 11.9. The summed E-state index contributed by atoms with van der Waals surface area (Å²) < 4.78 is 21.7. The first-order valence-corrected chi connectivity index (χ1v) is 8.63. The summed E-state index contributed by atoms with van der Waals surface area (Å²) in [7, 11) is 1.48. The topological polar surface area (TPSA) is 122 Å². The molecule has 0 unspecified atom stereocenters. The molecule has 0 aromatic heterocycles. The van der Waals surface area contributed by atoms with Gasteiger partial charge in [-0.2, -0.15) is 5.10 Å². The van der Waals surface area contributed by atoms with Crippen LogP contribution in [0.25, 0.3) is 0 Å². The number of carbonyl (C=O) groups is 1. The molecule has 146 valence electrons. The number of rotatable bonds is 7. The fourth-order valence-corrected chi connectivity index (χ4v) is 2.66. The van der Waals surface area contributed by atoms with Gasteiger partial charge in [0, 0.05) is 4.47 Å². The van der Waals surface area contributed by atoms with Crippen LogP contribution in [-0.4, -0.2) is 37.6 Å². The second kappa shape index (κ2) is 8.57. The van der Waals surface area contributed by atoms with E-state index in [4.69, 9.17) is 18.9 Å². The molecule has 0 saturated heterocycles. The fourth-order valence-electron chi connectivity index (χ4n) is 2.32. The van der Waals surface area contributed by atoms with E-state index in [1.165, 1.54) is 19.2 Å². The Morgan fingerprint density at radius 3 is 2.79 bits per heavy atom. The van der Waals surface area contributed by atoms with Crippen molar-refractivity contribution < 1.29 is 28.7 Å². The van der Waals surface area contributed by atoms with E-state index in [0.29, 0.717) is 17.2 Å². The first-order chi connectivity index (χ1) is 13.5. The molecular formula is C17H14BrN3O7. The Balaban J connectivity index is 1.62. The Morgan fingerprint density at radius 2 is 2.07 bits per heavy atom. The number of hydrogen-bond donors (Lipinski definition) is 1. The van der Waals surface area contributed by atoms with Gasteiger partial charge in [-0.25, -0.2) is 5.43 Å². The van der Waals surface area contributed by atoms with Crippen molar-refractivity contribution in [2.24, 2.45) is 5.10 Å². The van der Waals surface area contributed by atoms with Crippen molar-refractivity contribution in [2.45, 2.75) is 0 Å². The molecule has 1 aliphatic rings. The SMILES string of the molecule is COc1cc(Br)ccc1OCC(=O)NN=Cc1cc2c(cc1[N+](=O)[O-])OCO2. The number of nitrogens with one attached hydrogen (secondary N) is 1. The lowest BCUT2D eigenvalue weighted by Gasteiger charge is -2.10. The second-order valence-corrected chi connectivity index (χ2v) is 6.31. The average Bonchev–Trinajstić information content (AvgIpc) is 3.13. The van der Waals surface area contributed by atoms with Crippen LogP contribution in [0.15, 0.2) is 39.9 Å². The minimum Gasteiger partial charge on any atom is -0.493 e.